The number of ether oxygens (including phenoxy) is 1. The van der Waals surface area contributed by atoms with Gasteiger partial charge >= 0.3 is 12.4 Å². The fraction of sp³-hybridized carbons (Fsp3) is 0.485. The summed E-state index contributed by atoms with van der Waals surface area (Å²) in [6, 6.07) is 8.58. The van der Waals surface area contributed by atoms with Crippen LogP contribution in [0.3, 0.4) is 0 Å². The molecule has 8 nitrogen and oxygen atoms in total. The van der Waals surface area contributed by atoms with Crippen LogP contribution >= 0.6 is 0 Å². The lowest BCUT2D eigenvalue weighted by molar-refractivity contribution is -0.143. The molecule has 47 heavy (non-hydrogen) atoms. The van der Waals surface area contributed by atoms with Crippen LogP contribution in [0.5, 0.6) is 0 Å². The summed E-state index contributed by atoms with van der Waals surface area (Å²) in [4.78, 5) is 28.3. The second-order valence-corrected chi connectivity index (χ2v) is 12.2. The van der Waals surface area contributed by atoms with Crippen LogP contribution in [0.2, 0.25) is 0 Å². The van der Waals surface area contributed by atoms with Crippen LogP contribution in [0.15, 0.2) is 60.6 Å². The third-order valence-corrected chi connectivity index (χ3v) is 8.65. The molecule has 2 unspecified atom stereocenters. The summed E-state index contributed by atoms with van der Waals surface area (Å²) in [5.74, 6) is -0.889. The van der Waals surface area contributed by atoms with Gasteiger partial charge in [-0.25, -0.2) is 0 Å². The molecule has 3 heterocycles. The third kappa shape index (κ3) is 8.40. The number of allylic oxidation sites excluding steroid dienone is 1. The van der Waals surface area contributed by atoms with E-state index in [1.807, 2.05) is 48.5 Å². The van der Waals surface area contributed by atoms with E-state index in [0.29, 0.717) is 57.2 Å². The van der Waals surface area contributed by atoms with Gasteiger partial charge in [-0.15, -0.1) is 0 Å². The molecular formula is C33H39F6N5O3. The highest BCUT2D eigenvalue weighted by Crippen LogP contribution is 2.37. The number of aromatic amines is 1. The zero-order valence-electron chi connectivity index (χ0n) is 26.4. The van der Waals surface area contributed by atoms with Gasteiger partial charge in [0.1, 0.15) is 0 Å². The number of amides is 1. The van der Waals surface area contributed by atoms with Crippen LogP contribution in [0.4, 0.5) is 26.3 Å². The number of hydroxylamine groups is 1. The van der Waals surface area contributed by atoms with E-state index >= 15 is 0 Å². The first-order valence-electron chi connectivity index (χ1n) is 15.5. The van der Waals surface area contributed by atoms with Gasteiger partial charge in [-0.1, -0.05) is 18.2 Å². The number of morpholine rings is 1. The molecule has 2 aliphatic rings. The molecule has 0 saturated carbocycles. The Bertz CT molecular complexity index is 1530. The van der Waals surface area contributed by atoms with Crippen LogP contribution in [0, 0.1) is 0 Å². The minimum absolute atomic E-state index is 0.0307. The quantitative estimate of drug-likeness (QED) is 0.164. The van der Waals surface area contributed by atoms with Crippen molar-refractivity contribution in [2.75, 3.05) is 46.0 Å². The molecule has 0 spiro atoms. The van der Waals surface area contributed by atoms with E-state index in [0.717, 1.165) is 16.5 Å². The third-order valence-electron chi connectivity index (χ3n) is 8.65. The Morgan fingerprint density at radius 1 is 1.02 bits per heavy atom. The molecule has 2 N–H and O–H groups in total. The Labute approximate surface area is 269 Å². The number of rotatable bonds is 9. The number of alkyl halides is 6. The molecule has 0 radical (unpaired) electrons. The summed E-state index contributed by atoms with van der Waals surface area (Å²) in [6.45, 7) is 9.20. The van der Waals surface area contributed by atoms with Gasteiger partial charge in [0, 0.05) is 67.1 Å². The summed E-state index contributed by atoms with van der Waals surface area (Å²) >= 11 is 0. The van der Waals surface area contributed by atoms with E-state index in [4.69, 9.17) is 9.57 Å². The molecule has 14 heteroatoms. The maximum Gasteiger partial charge on any atom is 0.416 e. The van der Waals surface area contributed by atoms with Gasteiger partial charge in [-0.05, 0) is 57.0 Å². The Hall–Kier alpha value is -3.75. The fourth-order valence-corrected chi connectivity index (χ4v) is 6.33. The second kappa shape index (κ2) is 14.2. The highest BCUT2D eigenvalue weighted by atomic mass is 19.4. The van der Waals surface area contributed by atoms with Gasteiger partial charge in [0.25, 0.3) is 5.91 Å². The van der Waals surface area contributed by atoms with Crippen molar-refractivity contribution in [1.29, 1.82) is 0 Å². The normalized spacial score (nSPS) is 21.8. The number of benzene rings is 2. The lowest BCUT2D eigenvalue weighted by Gasteiger charge is -2.41. The highest BCUT2D eigenvalue weighted by Gasteiger charge is 2.39. The summed E-state index contributed by atoms with van der Waals surface area (Å²) in [6.07, 6.45) is -6.14. The number of H-pyrrole nitrogens is 1. The number of fused-ring (bicyclic) bond motifs is 1. The Kier molecular flexibility index (Phi) is 10.4. The smallest absolute Gasteiger partial charge is 0.378 e. The number of aromatic nitrogens is 1. The number of hydrogen-bond acceptors (Lipinski definition) is 6. The van der Waals surface area contributed by atoms with Crippen molar-refractivity contribution < 1.29 is 40.7 Å². The molecule has 2 aliphatic heterocycles. The van der Waals surface area contributed by atoms with Crippen LogP contribution in [0.25, 0.3) is 10.9 Å². The van der Waals surface area contributed by atoms with E-state index < -0.39 is 41.0 Å². The van der Waals surface area contributed by atoms with Gasteiger partial charge < -0.3 is 19.5 Å². The molecule has 5 rings (SSSR count). The van der Waals surface area contributed by atoms with Crippen molar-refractivity contribution in [2.24, 2.45) is 0 Å². The van der Waals surface area contributed by atoms with Crippen molar-refractivity contribution in [2.45, 2.75) is 57.7 Å². The topological polar surface area (TPSA) is 73.1 Å². The van der Waals surface area contributed by atoms with Crippen molar-refractivity contribution in [1.82, 2.24) is 25.2 Å². The van der Waals surface area contributed by atoms with Crippen LogP contribution in [-0.2, 0) is 28.3 Å². The predicted molar refractivity (Wildman–Crippen MR) is 164 cm³/mol. The number of nitrogens with one attached hydrogen (secondary N) is 2. The summed E-state index contributed by atoms with van der Waals surface area (Å²) in [7, 11) is 0. The van der Waals surface area contributed by atoms with Gasteiger partial charge in [0.05, 0.1) is 42.7 Å². The van der Waals surface area contributed by atoms with E-state index in [2.05, 4.69) is 29.2 Å². The standard InChI is InChI=1S/C33H39F6N5O3/c1-21(41-47-11-10-43-22(2)19-46-20-23(43)3)17-42-8-9-44(28(18-42)14-25-16-40-30-7-5-4-6-29(25)30)31(45)24-12-26(32(34,35)36)15-27(13-24)33(37,38)39/h4-7,12-13,15-17,22-23,28,40-41H,8-11,14,18-20H2,1-3H3/t22?,23?,28-/m1/s1. The van der Waals surface area contributed by atoms with Gasteiger partial charge in [-0.2, -0.15) is 26.3 Å². The summed E-state index contributed by atoms with van der Waals surface area (Å²) in [5.41, 5.74) is 1.69. The first-order valence-corrected chi connectivity index (χ1v) is 15.5. The first-order chi connectivity index (χ1) is 22.2. The van der Waals surface area contributed by atoms with E-state index in [9.17, 15) is 31.1 Å². The minimum Gasteiger partial charge on any atom is -0.378 e. The van der Waals surface area contributed by atoms with Crippen molar-refractivity contribution in [3.63, 3.8) is 0 Å². The van der Waals surface area contributed by atoms with Crippen LogP contribution in [0.1, 0.15) is 47.8 Å². The van der Waals surface area contributed by atoms with Crippen molar-refractivity contribution >= 4 is 16.8 Å². The lowest BCUT2D eigenvalue weighted by atomic mass is 9.99. The number of piperazine rings is 1. The molecule has 2 fully saturated rings. The molecule has 0 aliphatic carbocycles. The van der Waals surface area contributed by atoms with E-state index in [1.165, 1.54) is 4.90 Å². The van der Waals surface area contributed by atoms with E-state index in [1.54, 1.807) is 0 Å². The van der Waals surface area contributed by atoms with Gasteiger partial charge in [-0.3, -0.25) is 20.0 Å². The zero-order chi connectivity index (χ0) is 33.9. The monoisotopic (exact) mass is 667 g/mol. The van der Waals surface area contributed by atoms with Gasteiger partial charge in [0.2, 0.25) is 0 Å². The van der Waals surface area contributed by atoms with Crippen molar-refractivity contribution in [3.05, 3.63) is 82.8 Å². The number of carbonyl (C=O) groups is 1. The Morgan fingerprint density at radius 3 is 2.34 bits per heavy atom. The molecule has 0 bridgehead atoms. The van der Waals surface area contributed by atoms with Crippen molar-refractivity contribution in [3.8, 4) is 0 Å². The SMILES string of the molecule is CC(=CN1CCN(C(=O)c2cc(C(F)(F)F)cc(C(F)(F)F)c2)[C@H](Cc2c[nH]c3ccccc23)C1)NOCCN1C(C)COCC1C. The molecule has 2 aromatic carbocycles. The predicted octanol–water partition coefficient (Wildman–Crippen LogP) is 6.07. The fourth-order valence-electron chi connectivity index (χ4n) is 6.33. The largest absolute Gasteiger partial charge is 0.416 e. The van der Waals surface area contributed by atoms with Crippen LogP contribution < -0.4 is 5.48 Å². The van der Waals surface area contributed by atoms with Crippen LogP contribution in [-0.4, -0.2) is 89.7 Å². The maximum absolute atomic E-state index is 13.7. The zero-order valence-corrected chi connectivity index (χ0v) is 26.4. The molecular weight excluding hydrogens is 628 g/mol. The van der Waals surface area contributed by atoms with Gasteiger partial charge in [0.15, 0.2) is 0 Å². The van der Waals surface area contributed by atoms with E-state index in [-0.39, 0.29) is 31.2 Å². The lowest BCUT2D eigenvalue weighted by Crippen LogP contribution is -2.54. The molecule has 1 amide bonds. The molecule has 1 aromatic heterocycles. The average Bonchev–Trinajstić information content (AvgIpc) is 3.42. The molecule has 2 saturated heterocycles. The number of hydrogen-bond donors (Lipinski definition) is 2. The Morgan fingerprint density at radius 2 is 1.68 bits per heavy atom. The number of halogens is 6. The Balaban J connectivity index is 1.33. The summed E-state index contributed by atoms with van der Waals surface area (Å²) < 4.78 is 87.2. The first kappa shape index (κ1) is 34.6. The molecule has 3 atom stereocenters. The number of carbonyl (C=O) groups excluding carboxylic acids is 1. The number of nitrogens with zero attached hydrogens (tertiary/aromatic N) is 3. The summed E-state index contributed by atoms with van der Waals surface area (Å²) in [5, 5.41) is 0.918. The average molecular weight is 668 g/mol. The number of para-hydroxylation sites is 1. The maximum atomic E-state index is 13.7. The molecule has 3 aromatic rings. The molecule has 256 valence electrons. The highest BCUT2D eigenvalue weighted by molar-refractivity contribution is 5.95. The second-order valence-electron chi connectivity index (χ2n) is 12.2. The minimum atomic E-state index is -5.06.